The van der Waals surface area contributed by atoms with Crippen molar-refractivity contribution in [2.24, 2.45) is 0 Å². The van der Waals surface area contributed by atoms with Gasteiger partial charge in [-0.05, 0) is 29.8 Å². The Balaban J connectivity index is 1.94. The standard InChI is InChI=1S/C17H17FN2O4/c1-23-14-8-7-11(9-15(14)24-2)10-16(21)19-20-17(22)12-5-3-4-6-13(12)18/h3-9H,10H2,1-2H3,(H,19,21)(H,20,22). The monoisotopic (exact) mass is 332 g/mol. The highest BCUT2D eigenvalue weighted by Crippen LogP contribution is 2.27. The quantitative estimate of drug-likeness (QED) is 0.819. The van der Waals surface area contributed by atoms with Gasteiger partial charge in [0.2, 0.25) is 5.91 Å². The van der Waals surface area contributed by atoms with Gasteiger partial charge in [-0.15, -0.1) is 0 Å². The largest absolute Gasteiger partial charge is 0.493 e. The summed E-state index contributed by atoms with van der Waals surface area (Å²) in [6.07, 6.45) is 0.0118. The fourth-order valence-corrected chi connectivity index (χ4v) is 2.06. The lowest BCUT2D eigenvalue weighted by Gasteiger charge is -2.10. The van der Waals surface area contributed by atoms with Crippen molar-refractivity contribution >= 4 is 11.8 Å². The van der Waals surface area contributed by atoms with Crippen LogP contribution in [0.5, 0.6) is 11.5 Å². The summed E-state index contributed by atoms with van der Waals surface area (Å²) in [5, 5.41) is 0. The number of benzene rings is 2. The van der Waals surface area contributed by atoms with Gasteiger partial charge in [-0.2, -0.15) is 0 Å². The second kappa shape index (κ2) is 7.96. The van der Waals surface area contributed by atoms with E-state index in [1.54, 1.807) is 18.2 Å². The van der Waals surface area contributed by atoms with Gasteiger partial charge in [0.25, 0.3) is 5.91 Å². The van der Waals surface area contributed by atoms with Gasteiger partial charge in [0, 0.05) is 0 Å². The van der Waals surface area contributed by atoms with Crippen LogP contribution < -0.4 is 20.3 Å². The zero-order valence-corrected chi connectivity index (χ0v) is 13.3. The number of nitrogens with one attached hydrogen (secondary N) is 2. The third-order valence-corrected chi connectivity index (χ3v) is 3.25. The molecule has 0 aromatic heterocycles. The van der Waals surface area contributed by atoms with E-state index in [4.69, 9.17) is 9.47 Å². The van der Waals surface area contributed by atoms with Gasteiger partial charge in [0.1, 0.15) is 5.82 Å². The second-order valence-electron chi connectivity index (χ2n) is 4.85. The summed E-state index contributed by atoms with van der Waals surface area (Å²) in [6, 6.07) is 10.5. The first kappa shape index (κ1) is 17.3. The molecule has 0 saturated carbocycles. The number of amides is 2. The molecule has 0 aliphatic carbocycles. The van der Waals surface area contributed by atoms with Crippen molar-refractivity contribution < 1.29 is 23.5 Å². The minimum atomic E-state index is -0.728. The Kier molecular flexibility index (Phi) is 5.73. The van der Waals surface area contributed by atoms with Crippen LogP contribution in [-0.2, 0) is 11.2 Å². The molecular formula is C17H17FN2O4. The fraction of sp³-hybridized carbons (Fsp3) is 0.176. The van der Waals surface area contributed by atoms with E-state index in [1.165, 1.54) is 38.5 Å². The van der Waals surface area contributed by atoms with Crippen LogP contribution in [0.1, 0.15) is 15.9 Å². The summed E-state index contributed by atoms with van der Waals surface area (Å²) in [4.78, 5) is 23.7. The highest BCUT2D eigenvalue weighted by molar-refractivity contribution is 5.95. The first-order chi connectivity index (χ1) is 11.5. The molecule has 0 saturated heterocycles. The second-order valence-corrected chi connectivity index (χ2v) is 4.85. The van der Waals surface area contributed by atoms with E-state index >= 15 is 0 Å². The lowest BCUT2D eigenvalue weighted by atomic mass is 10.1. The Morgan fingerprint density at radius 1 is 1.00 bits per heavy atom. The molecule has 0 spiro atoms. The van der Waals surface area contributed by atoms with Crippen LogP contribution in [0, 0.1) is 5.82 Å². The van der Waals surface area contributed by atoms with Gasteiger partial charge < -0.3 is 9.47 Å². The topological polar surface area (TPSA) is 76.7 Å². The Labute approximate surface area is 138 Å². The first-order valence-electron chi connectivity index (χ1n) is 7.09. The van der Waals surface area contributed by atoms with Crippen molar-refractivity contribution in [1.82, 2.24) is 10.9 Å². The average molecular weight is 332 g/mol. The summed E-state index contributed by atoms with van der Waals surface area (Å²) in [5.41, 5.74) is 4.94. The number of hydrogen-bond donors (Lipinski definition) is 2. The molecule has 7 heteroatoms. The van der Waals surface area contributed by atoms with E-state index in [1.807, 2.05) is 0 Å². The molecular weight excluding hydrogens is 315 g/mol. The molecule has 126 valence electrons. The highest BCUT2D eigenvalue weighted by atomic mass is 19.1. The summed E-state index contributed by atoms with van der Waals surface area (Å²) in [5.74, 6) is -0.794. The molecule has 0 radical (unpaired) electrons. The maximum atomic E-state index is 13.5. The molecule has 24 heavy (non-hydrogen) atoms. The highest BCUT2D eigenvalue weighted by Gasteiger charge is 2.12. The van der Waals surface area contributed by atoms with Gasteiger partial charge in [0.05, 0.1) is 26.2 Å². The van der Waals surface area contributed by atoms with Gasteiger partial charge in [-0.1, -0.05) is 18.2 Å². The van der Waals surface area contributed by atoms with Crippen LogP contribution in [0.3, 0.4) is 0 Å². The molecule has 0 unspecified atom stereocenters. The minimum absolute atomic E-state index is 0.0118. The van der Waals surface area contributed by atoms with Crippen molar-refractivity contribution in [2.45, 2.75) is 6.42 Å². The summed E-state index contributed by atoms with van der Waals surface area (Å²) < 4.78 is 23.7. The van der Waals surface area contributed by atoms with Crippen LogP contribution in [0.25, 0.3) is 0 Å². The molecule has 0 atom stereocenters. The van der Waals surface area contributed by atoms with Crippen LogP contribution in [0.4, 0.5) is 4.39 Å². The Hall–Kier alpha value is -3.09. The zero-order valence-electron chi connectivity index (χ0n) is 13.3. The van der Waals surface area contributed by atoms with Crippen molar-refractivity contribution in [3.05, 3.63) is 59.4 Å². The van der Waals surface area contributed by atoms with Crippen LogP contribution >= 0.6 is 0 Å². The molecule has 2 aromatic rings. The first-order valence-corrected chi connectivity index (χ1v) is 7.09. The number of ether oxygens (including phenoxy) is 2. The van der Waals surface area contributed by atoms with Crippen molar-refractivity contribution in [3.63, 3.8) is 0 Å². The number of carbonyl (C=O) groups excluding carboxylic acids is 2. The van der Waals surface area contributed by atoms with Crippen LogP contribution in [0.15, 0.2) is 42.5 Å². The third-order valence-electron chi connectivity index (χ3n) is 3.25. The van der Waals surface area contributed by atoms with E-state index < -0.39 is 17.6 Å². The lowest BCUT2D eigenvalue weighted by Crippen LogP contribution is -2.42. The van der Waals surface area contributed by atoms with Crippen molar-refractivity contribution in [2.75, 3.05) is 14.2 Å². The SMILES string of the molecule is COc1ccc(CC(=O)NNC(=O)c2ccccc2F)cc1OC. The molecule has 0 aliphatic rings. The summed E-state index contributed by atoms with van der Waals surface area (Å²) in [6.45, 7) is 0. The molecule has 2 rings (SSSR count). The average Bonchev–Trinajstić information content (AvgIpc) is 2.60. The molecule has 2 N–H and O–H groups in total. The maximum Gasteiger partial charge on any atom is 0.272 e. The number of halogens is 1. The number of rotatable bonds is 5. The number of hydrogen-bond acceptors (Lipinski definition) is 4. The molecule has 0 aliphatic heterocycles. The van der Waals surface area contributed by atoms with Crippen LogP contribution in [0.2, 0.25) is 0 Å². The van der Waals surface area contributed by atoms with E-state index in [0.717, 1.165) is 0 Å². The number of hydrazine groups is 1. The lowest BCUT2D eigenvalue weighted by molar-refractivity contribution is -0.121. The normalized spacial score (nSPS) is 9.96. The van der Waals surface area contributed by atoms with Gasteiger partial charge in [-0.25, -0.2) is 4.39 Å². The minimum Gasteiger partial charge on any atom is -0.493 e. The molecule has 0 fully saturated rings. The van der Waals surface area contributed by atoms with Crippen molar-refractivity contribution in [3.8, 4) is 11.5 Å². The van der Waals surface area contributed by atoms with Gasteiger partial charge in [-0.3, -0.25) is 20.4 Å². The third kappa shape index (κ3) is 4.22. The molecule has 2 amide bonds. The van der Waals surface area contributed by atoms with Crippen LogP contribution in [-0.4, -0.2) is 26.0 Å². The fourth-order valence-electron chi connectivity index (χ4n) is 2.06. The van der Waals surface area contributed by atoms with E-state index in [9.17, 15) is 14.0 Å². The Morgan fingerprint density at radius 3 is 2.38 bits per heavy atom. The Bertz CT molecular complexity index is 749. The molecule has 6 nitrogen and oxygen atoms in total. The van der Waals surface area contributed by atoms with Crippen molar-refractivity contribution in [1.29, 1.82) is 0 Å². The summed E-state index contributed by atoms with van der Waals surface area (Å²) in [7, 11) is 3.01. The molecule has 0 heterocycles. The number of carbonyl (C=O) groups is 2. The summed E-state index contributed by atoms with van der Waals surface area (Å²) >= 11 is 0. The Morgan fingerprint density at radius 2 is 1.71 bits per heavy atom. The maximum absolute atomic E-state index is 13.5. The van der Waals surface area contributed by atoms with Gasteiger partial charge >= 0.3 is 0 Å². The zero-order chi connectivity index (χ0) is 17.5. The molecule has 0 bridgehead atoms. The predicted octanol–water partition coefficient (Wildman–Crippen LogP) is 1.85. The predicted molar refractivity (Wildman–Crippen MR) is 85.3 cm³/mol. The number of methoxy groups -OCH3 is 2. The van der Waals surface area contributed by atoms with Gasteiger partial charge in [0.15, 0.2) is 11.5 Å². The van der Waals surface area contributed by atoms with E-state index in [-0.39, 0.29) is 12.0 Å². The van der Waals surface area contributed by atoms with E-state index in [0.29, 0.717) is 17.1 Å². The molecule has 2 aromatic carbocycles. The smallest absolute Gasteiger partial charge is 0.272 e. The van der Waals surface area contributed by atoms with E-state index in [2.05, 4.69) is 10.9 Å².